The van der Waals surface area contributed by atoms with Gasteiger partial charge in [-0.3, -0.25) is 9.59 Å². The Morgan fingerprint density at radius 3 is 1.71 bits per heavy atom. The molecule has 38 heavy (non-hydrogen) atoms. The summed E-state index contributed by atoms with van der Waals surface area (Å²) >= 11 is 4.19. The maximum atomic E-state index is 13.2. The Balaban J connectivity index is 5.44. The summed E-state index contributed by atoms with van der Waals surface area (Å²) < 4.78 is 16.6. The number of esters is 1. The summed E-state index contributed by atoms with van der Waals surface area (Å²) in [5.41, 5.74) is -2.20. The van der Waals surface area contributed by atoms with E-state index in [1.807, 2.05) is 41.5 Å². The van der Waals surface area contributed by atoms with E-state index >= 15 is 0 Å². The van der Waals surface area contributed by atoms with E-state index in [2.05, 4.69) is 23.3 Å². The van der Waals surface area contributed by atoms with Gasteiger partial charge in [-0.2, -0.15) is 12.6 Å². The molecular formula is C28H52N2O7S. The average Bonchev–Trinajstić information content (AvgIpc) is 2.67. The highest BCUT2D eigenvalue weighted by atomic mass is 32.1. The van der Waals surface area contributed by atoms with Gasteiger partial charge < -0.3 is 24.8 Å². The zero-order chi connectivity index (χ0) is 30.1. The van der Waals surface area contributed by atoms with Gasteiger partial charge in [-0.25, -0.2) is 9.59 Å². The van der Waals surface area contributed by atoms with Crippen LogP contribution in [0, 0.1) is 11.3 Å². The van der Waals surface area contributed by atoms with Crippen LogP contribution in [0.4, 0.5) is 4.79 Å². The van der Waals surface area contributed by atoms with Crippen molar-refractivity contribution in [1.82, 2.24) is 10.6 Å². The van der Waals surface area contributed by atoms with Gasteiger partial charge in [0.15, 0.2) is 0 Å². The number of nitrogens with one attached hydrogen (secondary N) is 2. The van der Waals surface area contributed by atoms with Crippen LogP contribution in [0.15, 0.2) is 0 Å². The van der Waals surface area contributed by atoms with Crippen LogP contribution in [0.1, 0.15) is 102 Å². The number of alkyl carbamates (subject to hydrolysis) is 1. The molecule has 0 unspecified atom stereocenters. The Morgan fingerprint density at radius 2 is 1.29 bits per heavy atom. The van der Waals surface area contributed by atoms with Crippen LogP contribution in [0.25, 0.3) is 0 Å². The predicted molar refractivity (Wildman–Crippen MR) is 152 cm³/mol. The van der Waals surface area contributed by atoms with E-state index in [-0.39, 0.29) is 42.4 Å². The second-order valence-corrected chi connectivity index (χ2v) is 14.1. The van der Waals surface area contributed by atoms with Crippen LogP contribution in [0.3, 0.4) is 0 Å². The van der Waals surface area contributed by atoms with Crippen LogP contribution >= 0.6 is 12.6 Å². The summed E-state index contributed by atoms with van der Waals surface area (Å²) in [7, 11) is 0. The Labute approximate surface area is 235 Å². The number of thiol groups is 1. The van der Waals surface area contributed by atoms with Crippen LogP contribution in [0.5, 0.6) is 0 Å². The SMILES string of the molecule is CC(C)(C)OC[C@H](CC(=O)CC[C@H](NC(=O)OC(C)(C)C)C(C)(C)C)C(=O)N[C@@H](CS)C(=O)OC(C)(C)C. The normalized spacial score (nSPS) is 15.2. The van der Waals surface area contributed by atoms with Crippen molar-refractivity contribution in [2.75, 3.05) is 12.4 Å². The molecular weight excluding hydrogens is 508 g/mol. The maximum absolute atomic E-state index is 13.2. The second kappa shape index (κ2) is 14.5. The average molecular weight is 561 g/mol. The summed E-state index contributed by atoms with van der Waals surface area (Å²) in [5, 5.41) is 5.55. The number of ether oxygens (including phenoxy) is 3. The van der Waals surface area contributed by atoms with Crippen molar-refractivity contribution >= 4 is 36.4 Å². The van der Waals surface area contributed by atoms with Gasteiger partial charge in [0.2, 0.25) is 5.91 Å². The molecule has 9 nitrogen and oxygen atoms in total. The Morgan fingerprint density at radius 1 is 0.763 bits per heavy atom. The fourth-order valence-electron chi connectivity index (χ4n) is 3.27. The highest BCUT2D eigenvalue weighted by molar-refractivity contribution is 7.80. The van der Waals surface area contributed by atoms with Gasteiger partial charge >= 0.3 is 12.1 Å². The molecule has 0 saturated carbocycles. The lowest BCUT2D eigenvalue weighted by Gasteiger charge is -2.32. The van der Waals surface area contributed by atoms with Gasteiger partial charge in [0.05, 0.1) is 18.1 Å². The van der Waals surface area contributed by atoms with Crippen molar-refractivity contribution in [2.45, 2.75) is 131 Å². The Bertz CT molecular complexity index is 802. The molecule has 0 radical (unpaired) electrons. The summed E-state index contributed by atoms with van der Waals surface area (Å²) in [4.78, 5) is 51.0. The first-order chi connectivity index (χ1) is 16.9. The highest BCUT2D eigenvalue weighted by Gasteiger charge is 2.32. The fourth-order valence-corrected chi connectivity index (χ4v) is 3.51. The summed E-state index contributed by atoms with van der Waals surface area (Å²) in [6.45, 7) is 22.1. The van der Waals surface area contributed by atoms with Crippen molar-refractivity contribution < 1.29 is 33.4 Å². The van der Waals surface area contributed by atoms with Crippen LogP contribution in [-0.4, -0.2) is 65.0 Å². The number of carbonyl (C=O) groups excluding carboxylic acids is 4. The topological polar surface area (TPSA) is 120 Å². The molecule has 3 atom stereocenters. The third kappa shape index (κ3) is 16.9. The van der Waals surface area contributed by atoms with Gasteiger partial charge in [0.25, 0.3) is 0 Å². The smallest absolute Gasteiger partial charge is 0.407 e. The first-order valence-electron chi connectivity index (χ1n) is 13.2. The number of amides is 2. The largest absolute Gasteiger partial charge is 0.458 e. The molecule has 0 aliphatic carbocycles. The third-order valence-corrected chi connectivity index (χ3v) is 5.57. The molecule has 0 aromatic heterocycles. The number of hydrogen-bond donors (Lipinski definition) is 3. The van der Waals surface area contributed by atoms with Crippen LogP contribution in [-0.2, 0) is 28.6 Å². The molecule has 222 valence electrons. The highest BCUT2D eigenvalue weighted by Crippen LogP contribution is 2.25. The Hall–Kier alpha value is -1.81. The van der Waals surface area contributed by atoms with Crippen molar-refractivity contribution in [3.63, 3.8) is 0 Å². The van der Waals surface area contributed by atoms with Crippen LogP contribution < -0.4 is 10.6 Å². The summed E-state index contributed by atoms with van der Waals surface area (Å²) in [5.74, 6) is -1.98. The lowest BCUT2D eigenvalue weighted by molar-refractivity contribution is -0.158. The second-order valence-electron chi connectivity index (χ2n) is 13.7. The molecule has 0 aromatic carbocycles. The fraction of sp³-hybridized carbons (Fsp3) is 0.857. The standard InChI is InChI=1S/C28H52N2O7S/c1-25(2,3)21(30-24(34)37-28(10,11)12)14-13-19(31)15-18(16-35-26(4,5)6)22(32)29-20(17-38)23(33)36-27(7,8)9/h18,20-21,38H,13-17H2,1-12H3,(H,29,32)(H,30,34)/t18-,20-,21-/m0/s1. The molecule has 0 spiro atoms. The Kier molecular flexibility index (Phi) is 13.8. The van der Waals surface area contributed by atoms with Crippen LogP contribution in [0.2, 0.25) is 0 Å². The maximum Gasteiger partial charge on any atom is 0.407 e. The van der Waals surface area contributed by atoms with E-state index in [1.165, 1.54) is 0 Å². The lowest BCUT2D eigenvalue weighted by Crippen LogP contribution is -2.48. The summed E-state index contributed by atoms with van der Waals surface area (Å²) in [6.07, 6.45) is -0.0776. The zero-order valence-electron chi connectivity index (χ0n) is 25.6. The van der Waals surface area contributed by atoms with E-state index in [4.69, 9.17) is 14.2 Å². The number of carbonyl (C=O) groups is 4. The molecule has 0 bridgehead atoms. The molecule has 2 N–H and O–H groups in total. The van der Waals surface area contributed by atoms with Gasteiger partial charge in [-0.15, -0.1) is 0 Å². The van der Waals surface area contributed by atoms with Gasteiger partial charge in [0, 0.05) is 24.6 Å². The van der Waals surface area contributed by atoms with Crippen molar-refractivity contribution in [3.8, 4) is 0 Å². The zero-order valence-corrected chi connectivity index (χ0v) is 26.5. The minimum Gasteiger partial charge on any atom is -0.458 e. The minimum absolute atomic E-state index is 0.00748. The molecule has 0 aliphatic rings. The van der Waals surface area contributed by atoms with Gasteiger partial charge in [0.1, 0.15) is 23.0 Å². The molecule has 0 aromatic rings. The van der Waals surface area contributed by atoms with E-state index < -0.39 is 46.7 Å². The number of rotatable bonds is 12. The first-order valence-corrected chi connectivity index (χ1v) is 13.9. The van der Waals surface area contributed by atoms with Crippen molar-refractivity contribution in [1.29, 1.82) is 0 Å². The number of hydrogen-bond acceptors (Lipinski definition) is 8. The van der Waals surface area contributed by atoms with E-state index in [1.54, 1.807) is 41.5 Å². The third-order valence-electron chi connectivity index (χ3n) is 5.20. The first kappa shape index (κ1) is 36.2. The number of ketones is 1. The monoisotopic (exact) mass is 560 g/mol. The molecule has 0 saturated heterocycles. The van der Waals surface area contributed by atoms with Gasteiger partial charge in [-0.1, -0.05) is 20.8 Å². The molecule has 0 rings (SSSR count). The number of Topliss-reactive ketones (excluding diaryl/α,β-unsaturated/α-hetero) is 1. The van der Waals surface area contributed by atoms with Crippen molar-refractivity contribution in [3.05, 3.63) is 0 Å². The molecule has 2 amide bonds. The predicted octanol–water partition coefficient (Wildman–Crippen LogP) is 4.85. The molecule has 0 heterocycles. The minimum atomic E-state index is -0.958. The lowest BCUT2D eigenvalue weighted by atomic mass is 9.83. The molecule has 0 aliphatic heterocycles. The van der Waals surface area contributed by atoms with E-state index in [9.17, 15) is 19.2 Å². The van der Waals surface area contributed by atoms with Gasteiger partial charge in [-0.05, 0) is 74.1 Å². The van der Waals surface area contributed by atoms with Crippen molar-refractivity contribution in [2.24, 2.45) is 11.3 Å². The molecule has 10 heteroatoms. The van der Waals surface area contributed by atoms with E-state index in [0.29, 0.717) is 6.42 Å². The quantitative estimate of drug-likeness (QED) is 0.230. The summed E-state index contributed by atoms with van der Waals surface area (Å²) in [6, 6.07) is -1.28. The van der Waals surface area contributed by atoms with E-state index in [0.717, 1.165) is 0 Å². The molecule has 0 fully saturated rings.